The topological polar surface area (TPSA) is 112 Å². The van der Waals surface area contributed by atoms with Crippen LogP contribution in [0.25, 0.3) is 0 Å². The molecule has 29 heavy (non-hydrogen) atoms. The van der Waals surface area contributed by atoms with Crippen molar-refractivity contribution in [2.45, 2.75) is 26.3 Å². The second-order valence-electron chi connectivity index (χ2n) is 6.64. The van der Waals surface area contributed by atoms with Crippen molar-refractivity contribution in [3.05, 3.63) is 61.4 Å². The van der Waals surface area contributed by atoms with Crippen LogP contribution in [0.4, 0.5) is 5.82 Å². The standard InChI is InChI=1S/C20H21N3O6/c1-4-23-17-16(18(24)22-20(23)26)14(15-11(21-17)9-29-19(15)25)10-6-7-12(28-5-2)13(8-10)27-3/h6-8,14,21H,4-5,9H2,1-3H3,(H,22,24,26). The number of hydrogen-bond donors (Lipinski definition) is 2. The third kappa shape index (κ3) is 2.89. The number of aromatic amines is 1. The first-order valence-corrected chi connectivity index (χ1v) is 9.35. The zero-order valence-corrected chi connectivity index (χ0v) is 16.3. The molecule has 0 spiro atoms. The highest BCUT2D eigenvalue weighted by Crippen LogP contribution is 2.44. The Kier molecular flexibility index (Phi) is 4.65. The monoisotopic (exact) mass is 399 g/mol. The molecule has 9 nitrogen and oxygen atoms in total. The highest BCUT2D eigenvalue weighted by molar-refractivity contribution is 5.96. The summed E-state index contributed by atoms with van der Waals surface area (Å²) in [5.74, 6) is 0.213. The molecule has 2 aromatic rings. The van der Waals surface area contributed by atoms with Crippen molar-refractivity contribution in [1.29, 1.82) is 0 Å². The molecule has 2 N–H and O–H groups in total. The molecule has 152 valence electrons. The number of hydrogen-bond acceptors (Lipinski definition) is 7. The molecule has 1 aromatic heterocycles. The number of anilines is 1. The van der Waals surface area contributed by atoms with Crippen molar-refractivity contribution < 1.29 is 19.0 Å². The summed E-state index contributed by atoms with van der Waals surface area (Å²) in [6.07, 6.45) is 0. The predicted molar refractivity (Wildman–Crippen MR) is 105 cm³/mol. The van der Waals surface area contributed by atoms with Gasteiger partial charge in [0.15, 0.2) is 11.5 Å². The van der Waals surface area contributed by atoms with Gasteiger partial charge in [-0.05, 0) is 31.5 Å². The number of ether oxygens (including phenoxy) is 3. The molecule has 1 unspecified atom stereocenters. The van der Waals surface area contributed by atoms with Crippen molar-refractivity contribution in [3.63, 3.8) is 0 Å². The fraction of sp³-hybridized carbons (Fsp3) is 0.350. The van der Waals surface area contributed by atoms with E-state index in [0.717, 1.165) is 0 Å². The number of fused-ring (bicyclic) bond motifs is 1. The van der Waals surface area contributed by atoms with Gasteiger partial charge in [0.1, 0.15) is 12.4 Å². The SMILES string of the molecule is CCOc1ccc(C2C3=C(COC3=O)Nc3c2c(=O)[nH]c(=O)n3CC)cc1OC. The van der Waals surface area contributed by atoms with E-state index in [1.54, 1.807) is 25.1 Å². The van der Waals surface area contributed by atoms with Gasteiger partial charge in [0, 0.05) is 6.54 Å². The molecular formula is C20H21N3O6. The molecular weight excluding hydrogens is 378 g/mol. The zero-order chi connectivity index (χ0) is 20.7. The first kappa shape index (κ1) is 18.9. The number of benzene rings is 1. The van der Waals surface area contributed by atoms with Crippen molar-refractivity contribution >= 4 is 11.8 Å². The summed E-state index contributed by atoms with van der Waals surface area (Å²) >= 11 is 0. The summed E-state index contributed by atoms with van der Waals surface area (Å²) < 4.78 is 17.7. The lowest BCUT2D eigenvalue weighted by Crippen LogP contribution is -2.38. The maximum atomic E-state index is 12.8. The molecule has 1 aromatic carbocycles. The Morgan fingerprint density at radius 2 is 2.00 bits per heavy atom. The van der Waals surface area contributed by atoms with Crippen molar-refractivity contribution in [2.24, 2.45) is 0 Å². The number of methoxy groups -OCH3 is 1. The van der Waals surface area contributed by atoms with E-state index < -0.39 is 23.1 Å². The lowest BCUT2D eigenvalue weighted by molar-refractivity contribution is -0.136. The summed E-state index contributed by atoms with van der Waals surface area (Å²) in [6.45, 7) is 4.54. The van der Waals surface area contributed by atoms with Crippen LogP contribution in [0.2, 0.25) is 0 Å². The molecule has 3 heterocycles. The van der Waals surface area contributed by atoms with Gasteiger partial charge in [0.25, 0.3) is 5.56 Å². The molecule has 2 aliphatic heterocycles. The Morgan fingerprint density at radius 1 is 1.21 bits per heavy atom. The van der Waals surface area contributed by atoms with Gasteiger partial charge in [0.2, 0.25) is 0 Å². The third-order valence-corrected chi connectivity index (χ3v) is 5.11. The van der Waals surface area contributed by atoms with Gasteiger partial charge in [-0.3, -0.25) is 14.3 Å². The second kappa shape index (κ2) is 7.16. The Labute approximate surface area is 165 Å². The summed E-state index contributed by atoms with van der Waals surface area (Å²) in [5.41, 5.74) is 0.789. The molecule has 0 fully saturated rings. The minimum absolute atomic E-state index is 0.0585. The molecule has 0 aliphatic carbocycles. The van der Waals surface area contributed by atoms with E-state index in [0.29, 0.717) is 47.3 Å². The van der Waals surface area contributed by atoms with Crippen LogP contribution in [0.5, 0.6) is 11.5 Å². The minimum Gasteiger partial charge on any atom is -0.493 e. The van der Waals surface area contributed by atoms with Crippen LogP contribution in [0.3, 0.4) is 0 Å². The van der Waals surface area contributed by atoms with E-state index in [-0.39, 0.29) is 12.2 Å². The van der Waals surface area contributed by atoms with Gasteiger partial charge in [-0.2, -0.15) is 0 Å². The molecule has 0 saturated carbocycles. The van der Waals surface area contributed by atoms with Crippen LogP contribution in [0, 0.1) is 0 Å². The number of cyclic esters (lactones) is 1. The Balaban J connectivity index is 1.99. The number of nitrogens with zero attached hydrogens (tertiary/aromatic N) is 1. The Bertz CT molecular complexity index is 1140. The average molecular weight is 399 g/mol. The van der Waals surface area contributed by atoms with Crippen LogP contribution in [-0.4, -0.2) is 35.8 Å². The number of H-pyrrole nitrogens is 1. The maximum absolute atomic E-state index is 12.8. The molecule has 9 heteroatoms. The number of carbonyl (C=O) groups excluding carboxylic acids is 1. The van der Waals surface area contributed by atoms with Gasteiger partial charge in [-0.15, -0.1) is 0 Å². The van der Waals surface area contributed by atoms with Gasteiger partial charge in [0.05, 0.1) is 36.5 Å². The van der Waals surface area contributed by atoms with Crippen LogP contribution >= 0.6 is 0 Å². The van der Waals surface area contributed by atoms with Crippen molar-refractivity contribution in [3.8, 4) is 11.5 Å². The average Bonchev–Trinajstić information content (AvgIpc) is 3.08. The zero-order valence-electron chi connectivity index (χ0n) is 16.3. The Morgan fingerprint density at radius 3 is 2.69 bits per heavy atom. The molecule has 0 saturated heterocycles. The summed E-state index contributed by atoms with van der Waals surface area (Å²) in [7, 11) is 1.52. The minimum atomic E-state index is -0.706. The van der Waals surface area contributed by atoms with Crippen LogP contribution in [0.15, 0.2) is 39.1 Å². The van der Waals surface area contributed by atoms with E-state index in [1.807, 2.05) is 6.92 Å². The largest absolute Gasteiger partial charge is 0.493 e. The van der Waals surface area contributed by atoms with Crippen molar-refractivity contribution in [2.75, 3.05) is 25.6 Å². The maximum Gasteiger partial charge on any atom is 0.337 e. The highest BCUT2D eigenvalue weighted by Gasteiger charge is 2.41. The first-order chi connectivity index (χ1) is 14.0. The number of rotatable bonds is 5. The fourth-order valence-corrected chi connectivity index (χ4v) is 3.86. The molecule has 0 amide bonds. The summed E-state index contributed by atoms with van der Waals surface area (Å²) in [6, 6.07) is 5.26. The lowest BCUT2D eigenvalue weighted by Gasteiger charge is -2.28. The van der Waals surface area contributed by atoms with E-state index in [1.165, 1.54) is 11.7 Å². The number of nitrogens with one attached hydrogen (secondary N) is 2. The quantitative estimate of drug-likeness (QED) is 0.730. The van der Waals surface area contributed by atoms with E-state index >= 15 is 0 Å². The lowest BCUT2D eigenvalue weighted by atomic mass is 9.82. The number of carbonyl (C=O) groups is 1. The first-order valence-electron chi connectivity index (χ1n) is 9.35. The summed E-state index contributed by atoms with van der Waals surface area (Å²) in [5, 5.41) is 3.07. The number of esters is 1. The van der Waals surface area contributed by atoms with Crippen LogP contribution in [0.1, 0.15) is 30.9 Å². The molecule has 4 rings (SSSR count). The van der Waals surface area contributed by atoms with Gasteiger partial charge >= 0.3 is 11.7 Å². The van der Waals surface area contributed by atoms with Gasteiger partial charge in [-0.1, -0.05) is 6.07 Å². The highest BCUT2D eigenvalue weighted by atomic mass is 16.5. The summed E-state index contributed by atoms with van der Waals surface area (Å²) in [4.78, 5) is 39.9. The smallest absolute Gasteiger partial charge is 0.337 e. The Hall–Kier alpha value is -3.49. The predicted octanol–water partition coefficient (Wildman–Crippen LogP) is 1.33. The molecule has 2 aliphatic rings. The van der Waals surface area contributed by atoms with Crippen LogP contribution < -0.4 is 26.0 Å². The third-order valence-electron chi connectivity index (χ3n) is 5.11. The van der Waals surface area contributed by atoms with Gasteiger partial charge < -0.3 is 19.5 Å². The fourth-order valence-electron chi connectivity index (χ4n) is 3.86. The van der Waals surface area contributed by atoms with E-state index in [4.69, 9.17) is 14.2 Å². The van der Waals surface area contributed by atoms with E-state index in [2.05, 4.69) is 10.3 Å². The van der Waals surface area contributed by atoms with Crippen molar-refractivity contribution in [1.82, 2.24) is 9.55 Å². The van der Waals surface area contributed by atoms with Crippen LogP contribution in [-0.2, 0) is 16.1 Å². The normalized spacial score (nSPS) is 17.3. The number of aromatic nitrogens is 2. The molecule has 0 radical (unpaired) electrons. The van der Waals surface area contributed by atoms with E-state index in [9.17, 15) is 14.4 Å². The second-order valence-corrected chi connectivity index (χ2v) is 6.64. The molecule has 0 bridgehead atoms. The van der Waals surface area contributed by atoms with Gasteiger partial charge in [-0.25, -0.2) is 9.59 Å². The molecule has 1 atom stereocenters.